The summed E-state index contributed by atoms with van der Waals surface area (Å²) in [6.45, 7) is -0.497. The van der Waals surface area contributed by atoms with Gasteiger partial charge in [0, 0.05) is 0 Å². The normalized spacial score (nSPS) is 29.7. The van der Waals surface area contributed by atoms with Gasteiger partial charge >= 0.3 is 0 Å². The Morgan fingerprint density at radius 1 is 1.00 bits per heavy atom. The highest BCUT2D eigenvalue weighted by Crippen LogP contribution is 2.41. The van der Waals surface area contributed by atoms with Crippen molar-refractivity contribution in [1.29, 1.82) is 5.26 Å². The molecule has 2 fully saturated rings. The van der Waals surface area contributed by atoms with Crippen molar-refractivity contribution >= 4 is 0 Å². The molecule has 5 atom stereocenters. The summed E-state index contributed by atoms with van der Waals surface area (Å²) in [7, 11) is 0. The summed E-state index contributed by atoms with van der Waals surface area (Å²) in [6.07, 6.45) is -3.16. The monoisotopic (exact) mass is 425 g/mol. The Morgan fingerprint density at radius 2 is 1.71 bits per heavy atom. The van der Waals surface area contributed by atoms with Gasteiger partial charge in [-0.3, -0.25) is 0 Å². The number of aliphatic hydroxyl groups is 5. The van der Waals surface area contributed by atoms with Crippen molar-refractivity contribution in [1.82, 2.24) is 0 Å². The Bertz CT molecular complexity index is 963. The second-order valence-corrected chi connectivity index (χ2v) is 8.54. The summed E-state index contributed by atoms with van der Waals surface area (Å²) < 4.78 is 5.65. The summed E-state index contributed by atoms with van der Waals surface area (Å²) in [4.78, 5) is 0. The van der Waals surface area contributed by atoms with E-state index in [4.69, 9.17) is 4.74 Å². The summed E-state index contributed by atoms with van der Waals surface area (Å²) >= 11 is 0. The molecule has 5 N–H and O–H groups in total. The van der Waals surface area contributed by atoms with Crippen LogP contribution in [-0.2, 0) is 16.8 Å². The van der Waals surface area contributed by atoms with Gasteiger partial charge in [0.1, 0.15) is 30.5 Å². The number of rotatable bonds is 5. The molecule has 7 heteroatoms. The van der Waals surface area contributed by atoms with E-state index in [0.717, 1.165) is 36.0 Å². The van der Waals surface area contributed by atoms with Crippen LogP contribution in [-0.4, -0.2) is 56.6 Å². The van der Waals surface area contributed by atoms with Crippen molar-refractivity contribution in [2.24, 2.45) is 0 Å². The number of nitriles is 1. The van der Waals surface area contributed by atoms with Gasteiger partial charge in [0.2, 0.25) is 0 Å². The molecule has 31 heavy (non-hydrogen) atoms. The van der Waals surface area contributed by atoms with Crippen LogP contribution in [0, 0.1) is 11.3 Å². The third kappa shape index (κ3) is 4.11. The van der Waals surface area contributed by atoms with Crippen LogP contribution in [0.15, 0.2) is 42.5 Å². The molecule has 0 radical (unpaired) electrons. The summed E-state index contributed by atoms with van der Waals surface area (Å²) in [5.74, 6) is 0. The first-order valence-electron chi connectivity index (χ1n) is 10.5. The minimum absolute atomic E-state index is 0.465. The number of hydrogen-bond donors (Lipinski definition) is 5. The third-order valence-electron chi connectivity index (χ3n) is 6.54. The molecule has 1 saturated heterocycles. The highest BCUT2D eigenvalue weighted by atomic mass is 16.5. The fraction of sp³-hybridized carbons (Fsp3) is 0.458. The maximum absolute atomic E-state index is 10.5. The first-order chi connectivity index (χ1) is 14.9. The molecule has 0 spiro atoms. The lowest BCUT2D eigenvalue weighted by molar-refractivity contribution is -0.231. The van der Waals surface area contributed by atoms with E-state index in [1.807, 2.05) is 24.3 Å². The molecule has 2 aromatic rings. The van der Waals surface area contributed by atoms with Crippen LogP contribution in [0.3, 0.4) is 0 Å². The number of hydrogen-bond acceptors (Lipinski definition) is 7. The Morgan fingerprint density at radius 3 is 2.29 bits per heavy atom. The molecule has 0 amide bonds. The molecule has 4 rings (SSSR count). The highest BCUT2D eigenvalue weighted by Gasteiger charge is 2.44. The maximum Gasteiger partial charge on any atom is 0.113 e. The predicted molar refractivity (Wildman–Crippen MR) is 111 cm³/mol. The molecule has 0 aromatic heterocycles. The SMILES string of the molecule is N#Cc1ccc(C2O[C@H](CO)[C@@H](O)[C@H](O)[C@H]2O)cc1Cc1ccc(C2(O)CCC2)cc1. The lowest BCUT2D eigenvalue weighted by atomic mass is 9.75. The zero-order valence-corrected chi connectivity index (χ0v) is 17.1. The van der Waals surface area contributed by atoms with E-state index in [0.29, 0.717) is 17.5 Å². The van der Waals surface area contributed by atoms with Crippen molar-refractivity contribution in [2.75, 3.05) is 6.61 Å². The molecular formula is C24H27NO6. The van der Waals surface area contributed by atoms with Crippen LogP contribution < -0.4 is 0 Å². The summed E-state index contributed by atoms with van der Waals surface area (Å²) in [6, 6.07) is 14.9. The first-order valence-corrected chi connectivity index (χ1v) is 10.5. The van der Waals surface area contributed by atoms with Crippen molar-refractivity contribution < 1.29 is 30.3 Å². The second kappa shape index (κ2) is 8.67. The van der Waals surface area contributed by atoms with Crippen molar-refractivity contribution in [3.63, 3.8) is 0 Å². The van der Waals surface area contributed by atoms with E-state index in [-0.39, 0.29) is 0 Å². The van der Waals surface area contributed by atoms with Crippen LogP contribution in [0.5, 0.6) is 0 Å². The van der Waals surface area contributed by atoms with E-state index in [1.165, 1.54) is 0 Å². The molecule has 2 aromatic carbocycles. The Balaban J connectivity index is 1.59. The average molecular weight is 425 g/mol. The largest absolute Gasteiger partial charge is 0.394 e. The van der Waals surface area contributed by atoms with Crippen molar-refractivity contribution in [3.8, 4) is 6.07 Å². The van der Waals surface area contributed by atoms with Crippen LogP contribution in [0.1, 0.15) is 53.2 Å². The van der Waals surface area contributed by atoms with Crippen molar-refractivity contribution in [3.05, 3.63) is 70.3 Å². The van der Waals surface area contributed by atoms with Crippen LogP contribution >= 0.6 is 0 Å². The van der Waals surface area contributed by atoms with Gasteiger partial charge in [-0.25, -0.2) is 0 Å². The lowest BCUT2D eigenvalue weighted by Crippen LogP contribution is -2.55. The molecule has 1 saturated carbocycles. The molecule has 1 heterocycles. The summed E-state index contributed by atoms with van der Waals surface area (Å²) in [5, 5.41) is 59.9. The molecule has 0 bridgehead atoms. The summed E-state index contributed by atoms with van der Waals surface area (Å²) in [5.41, 5.74) is 2.90. The van der Waals surface area contributed by atoms with E-state index in [2.05, 4.69) is 6.07 Å². The Hall–Kier alpha value is -2.31. The number of nitrogens with zero attached hydrogens (tertiary/aromatic N) is 1. The minimum atomic E-state index is -1.46. The smallest absolute Gasteiger partial charge is 0.113 e. The number of ether oxygens (including phenoxy) is 1. The van der Waals surface area contributed by atoms with E-state index in [1.54, 1.807) is 18.2 Å². The fourth-order valence-corrected chi connectivity index (χ4v) is 4.38. The molecule has 2 aliphatic rings. The van der Waals surface area contributed by atoms with E-state index in [9.17, 15) is 30.8 Å². The Labute approximate surface area is 180 Å². The third-order valence-corrected chi connectivity index (χ3v) is 6.54. The topological polar surface area (TPSA) is 134 Å². The standard InChI is InChI=1S/C24H27NO6/c25-12-16-5-4-15(23-22(29)21(28)20(27)19(13-26)31-23)11-17(16)10-14-2-6-18(7-3-14)24(30)8-1-9-24/h2-7,11,19-23,26-30H,1,8-10,13H2/t19-,20-,21+,22-,23?/m1/s1. The van der Waals surface area contributed by atoms with Crippen LogP contribution in [0.25, 0.3) is 0 Å². The van der Waals surface area contributed by atoms with E-state index >= 15 is 0 Å². The Kier molecular flexibility index (Phi) is 6.13. The van der Waals surface area contributed by atoms with Crippen LogP contribution in [0.4, 0.5) is 0 Å². The number of benzene rings is 2. The fourth-order valence-electron chi connectivity index (χ4n) is 4.38. The minimum Gasteiger partial charge on any atom is -0.394 e. The molecule has 1 aliphatic carbocycles. The highest BCUT2D eigenvalue weighted by molar-refractivity contribution is 5.44. The quantitative estimate of drug-likeness (QED) is 0.483. The molecule has 164 valence electrons. The van der Waals surface area contributed by atoms with Gasteiger partial charge in [0.25, 0.3) is 0 Å². The van der Waals surface area contributed by atoms with Gasteiger partial charge in [-0.1, -0.05) is 36.4 Å². The number of aliphatic hydroxyl groups excluding tert-OH is 4. The maximum atomic E-state index is 10.5. The lowest BCUT2D eigenvalue weighted by Gasteiger charge is -2.40. The zero-order chi connectivity index (χ0) is 22.2. The zero-order valence-electron chi connectivity index (χ0n) is 17.1. The molecule has 1 unspecified atom stereocenters. The van der Waals surface area contributed by atoms with Gasteiger partial charge in [0.05, 0.1) is 23.8 Å². The van der Waals surface area contributed by atoms with Crippen LogP contribution in [0.2, 0.25) is 0 Å². The first kappa shape index (κ1) is 21.9. The van der Waals surface area contributed by atoms with Gasteiger partial charge in [0.15, 0.2) is 0 Å². The van der Waals surface area contributed by atoms with Gasteiger partial charge in [-0.15, -0.1) is 0 Å². The van der Waals surface area contributed by atoms with Crippen molar-refractivity contribution in [2.45, 2.75) is 61.8 Å². The average Bonchev–Trinajstić information content (AvgIpc) is 2.76. The van der Waals surface area contributed by atoms with Gasteiger partial charge in [-0.2, -0.15) is 5.26 Å². The molecular weight excluding hydrogens is 398 g/mol. The predicted octanol–water partition coefficient (Wildman–Crippen LogP) is 1.04. The van der Waals surface area contributed by atoms with Gasteiger partial charge < -0.3 is 30.3 Å². The molecule has 7 nitrogen and oxygen atoms in total. The molecule has 1 aliphatic heterocycles. The second-order valence-electron chi connectivity index (χ2n) is 8.54. The van der Waals surface area contributed by atoms with Gasteiger partial charge in [-0.05, 0) is 54.0 Å². The van der Waals surface area contributed by atoms with E-state index < -0.39 is 42.7 Å².